The van der Waals surface area contributed by atoms with Crippen molar-refractivity contribution in [2.45, 2.75) is 57.9 Å². The smallest absolute Gasteiger partial charge is 0.308 e. The monoisotopic (exact) mass is 270 g/mol. The number of amides is 1. The second-order valence-electron chi connectivity index (χ2n) is 5.40. The number of carboxylic acids is 1. The number of nitrogens with one attached hydrogen (secondary N) is 2. The lowest BCUT2D eigenvalue weighted by molar-refractivity contribution is -0.142. The Morgan fingerprint density at radius 2 is 2.11 bits per heavy atom. The standard InChI is InChI=1S/C14H26N2O3/c1-3-6-11(12(17)18)10-15-13(19)14(7-4-2)8-5-9-16-14/h11,16H,3-10H2,1-2H3,(H,15,19)(H,17,18). The Bertz CT molecular complexity index is 312. The van der Waals surface area contributed by atoms with E-state index in [9.17, 15) is 9.59 Å². The predicted octanol–water partition coefficient (Wildman–Crippen LogP) is 1.53. The van der Waals surface area contributed by atoms with Gasteiger partial charge in [0.1, 0.15) is 0 Å². The van der Waals surface area contributed by atoms with Gasteiger partial charge in [0.05, 0.1) is 11.5 Å². The van der Waals surface area contributed by atoms with E-state index in [-0.39, 0.29) is 12.5 Å². The largest absolute Gasteiger partial charge is 0.481 e. The summed E-state index contributed by atoms with van der Waals surface area (Å²) in [6.07, 6.45) is 5.01. The van der Waals surface area contributed by atoms with Gasteiger partial charge in [-0.05, 0) is 32.2 Å². The minimum absolute atomic E-state index is 0.0331. The zero-order valence-electron chi connectivity index (χ0n) is 12.0. The van der Waals surface area contributed by atoms with Crippen LogP contribution in [0.5, 0.6) is 0 Å². The molecule has 5 nitrogen and oxygen atoms in total. The molecular formula is C14H26N2O3. The van der Waals surface area contributed by atoms with E-state index in [0.717, 1.165) is 38.6 Å². The zero-order chi connectivity index (χ0) is 14.3. The van der Waals surface area contributed by atoms with Crippen LogP contribution in [0.2, 0.25) is 0 Å². The topological polar surface area (TPSA) is 78.4 Å². The van der Waals surface area contributed by atoms with Crippen LogP contribution in [-0.4, -0.2) is 35.6 Å². The van der Waals surface area contributed by atoms with Crippen LogP contribution in [-0.2, 0) is 9.59 Å². The van der Waals surface area contributed by atoms with Gasteiger partial charge in [-0.2, -0.15) is 0 Å². The molecule has 5 heteroatoms. The lowest BCUT2D eigenvalue weighted by Gasteiger charge is -2.28. The summed E-state index contributed by atoms with van der Waals surface area (Å²) in [5.74, 6) is -1.34. The molecule has 1 saturated heterocycles. The number of carbonyl (C=O) groups excluding carboxylic acids is 1. The highest BCUT2D eigenvalue weighted by Gasteiger charge is 2.39. The minimum Gasteiger partial charge on any atom is -0.481 e. The summed E-state index contributed by atoms with van der Waals surface area (Å²) in [4.78, 5) is 23.4. The maximum absolute atomic E-state index is 12.3. The Balaban J connectivity index is 2.54. The second-order valence-corrected chi connectivity index (χ2v) is 5.40. The third-order valence-electron chi connectivity index (χ3n) is 3.85. The zero-order valence-corrected chi connectivity index (χ0v) is 12.0. The van der Waals surface area contributed by atoms with Gasteiger partial charge >= 0.3 is 5.97 Å². The number of rotatable bonds is 8. The molecule has 2 unspecified atom stereocenters. The Kier molecular flexibility index (Phi) is 6.28. The SMILES string of the molecule is CCCC(CNC(=O)C1(CCC)CCCN1)C(=O)O. The van der Waals surface area contributed by atoms with E-state index in [1.165, 1.54) is 0 Å². The Labute approximate surface area is 115 Å². The molecule has 0 aromatic carbocycles. The van der Waals surface area contributed by atoms with Crippen LogP contribution in [0.1, 0.15) is 52.4 Å². The van der Waals surface area contributed by atoms with Gasteiger partial charge in [-0.3, -0.25) is 9.59 Å². The summed E-state index contributed by atoms with van der Waals surface area (Å²) in [6, 6.07) is 0. The van der Waals surface area contributed by atoms with Crippen LogP contribution < -0.4 is 10.6 Å². The van der Waals surface area contributed by atoms with E-state index >= 15 is 0 Å². The van der Waals surface area contributed by atoms with Crippen molar-refractivity contribution >= 4 is 11.9 Å². The third kappa shape index (κ3) is 4.20. The van der Waals surface area contributed by atoms with Crippen molar-refractivity contribution in [2.24, 2.45) is 5.92 Å². The van der Waals surface area contributed by atoms with Crippen LogP contribution in [0.15, 0.2) is 0 Å². The van der Waals surface area contributed by atoms with E-state index in [1.807, 2.05) is 6.92 Å². The van der Waals surface area contributed by atoms with Crippen molar-refractivity contribution in [2.75, 3.05) is 13.1 Å². The summed E-state index contributed by atoms with van der Waals surface area (Å²) in [6.45, 7) is 5.11. The van der Waals surface area contributed by atoms with Crippen molar-refractivity contribution in [3.63, 3.8) is 0 Å². The fourth-order valence-electron chi connectivity index (χ4n) is 2.80. The fourth-order valence-corrected chi connectivity index (χ4v) is 2.80. The molecule has 1 amide bonds. The highest BCUT2D eigenvalue weighted by atomic mass is 16.4. The molecule has 2 atom stereocenters. The van der Waals surface area contributed by atoms with Crippen molar-refractivity contribution < 1.29 is 14.7 Å². The molecule has 1 heterocycles. The van der Waals surface area contributed by atoms with E-state index in [4.69, 9.17) is 5.11 Å². The van der Waals surface area contributed by atoms with Gasteiger partial charge in [-0.25, -0.2) is 0 Å². The third-order valence-corrected chi connectivity index (χ3v) is 3.85. The lowest BCUT2D eigenvalue weighted by Crippen LogP contribution is -2.54. The normalized spacial score (nSPS) is 24.1. The molecule has 1 aliphatic rings. The summed E-state index contributed by atoms with van der Waals surface area (Å²) in [5.41, 5.74) is -0.468. The van der Waals surface area contributed by atoms with Gasteiger partial charge in [0.2, 0.25) is 5.91 Å². The first kappa shape index (κ1) is 16.0. The molecular weight excluding hydrogens is 244 g/mol. The molecule has 0 spiro atoms. The number of carbonyl (C=O) groups is 2. The van der Waals surface area contributed by atoms with Crippen LogP contribution in [0.4, 0.5) is 0 Å². The molecule has 0 aliphatic carbocycles. The van der Waals surface area contributed by atoms with Crippen molar-refractivity contribution in [1.82, 2.24) is 10.6 Å². The van der Waals surface area contributed by atoms with Gasteiger partial charge in [0, 0.05) is 6.54 Å². The molecule has 0 aromatic heterocycles. The summed E-state index contributed by atoms with van der Waals surface area (Å²) < 4.78 is 0. The molecule has 110 valence electrons. The summed E-state index contributed by atoms with van der Waals surface area (Å²) in [5, 5.41) is 15.2. The Hall–Kier alpha value is -1.10. The van der Waals surface area contributed by atoms with Gasteiger partial charge in [-0.1, -0.05) is 26.7 Å². The Morgan fingerprint density at radius 3 is 2.58 bits per heavy atom. The predicted molar refractivity (Wildman–Crippen MR) is 73.9 cm³/mol. The first-order chi connectivity index (χ1) is 9.05. The quantitative estimate of drug-likeness (QED) is 0.625. The number of aliphatic carboxylic acids is 1. The Morgan fingerprint density at radius 1 is 1.37 bits per heavy atom. The average Bonchev–Trinajstić information content (AvgIpc) is 2.84. The van der Waals surface area contributed by atoms with Gasteiger partial charge < -0.3 is 15.7 Å². The number of carboxylic acid groups (broad SMARTS) is 1. The van der Waals surface area contributed by atoms with Gasteiger partial charge in [-0.15, -0.1) is 0 Å². The van der Waals surface area contributed by atoms with Crippen molar-refractivity contribution in [3.05, 3.63) is 0 Å². The first-order valence-electron chi connectivity index (χ1n) is 7.32. The van der Waals surface area contributed by atoms with Crippen molar-refractivity contribution in [1.29, 1.82) is 0 Å². The number of hydrogen-bond donors (Lipinski definition) is 3. The van der Waals surface area contributed by atoms with E-state index in [2.05, 4.69) is 17.6 Å². The molecule has 1 aliphatic heterocycles. The second kappa shape index (κ2) is 7.48. The highest BCUT2D eigenvalue weighted by molar-refractivity contribution is 5.87. The molecule has 0 saturated carbocycles. The highest BCUT2D eigenvalue weighted by Crippen LogP contribution is 2.25. The lowest BCUT2D eigenvalue weighted by atomic mass is 9.90. The van der Waals surface area contributed by atoms with Crippen LogP contribution >= 0.6 is 0 Å². The molecule has 19 heavy (non-hydrogen) atoms. The molecule has 0 bridgehead atoms. The minimum atomic E-state index is -0.828. The first-order valence-corrected chi connectivity index (χ1v) is 7.32. The van der Waals surface area contributed by atoms with Gasteiger partial charge in [0.25, 0.3) is 0 Å². The maximum Gasteiger partial charge on any atom is 0.308 e. The molecule has 0 radical (unpaired) electrons. The average molecular weight is 270 g/mol. The van der Waals surface area contributed by atoms with E-state index in [0.29, 0.717) is 6.42 Å². The molecule has 3 N–H and O–H groups in total. The van der Waals surface area contributed by atoms with E-state index < -0.39 is 17.4 Å². The van der Waals surface area contributed by atoms with Crippen LogP contribution in [0.25, 0.3) is 0 Å². The molecule has 1 fully saturated rings. The molecule has 0 aromatic rings. The summed E-state index contributed by atoms with van der Waals surface area (Å²) in [7, 11) is 0. The van der Waals surface area contributed by atoms with Gasteiger partial charge in [0.15, 0.2) is 0 Å². The molecule has 1 rings (SSSR count). The van der Waals surface area contributed by atoms with Crippen LogP contribution in [0, 0.1) is 5.92 Å². The van der Waals surface area contributed by atoms with E-state index in [1.54, 1.807) is 0 Å². The van der Waals surface area contributed by atoms with Crippen molar-refractivity contribution in [3.8, 4) is 0 Å². The summed E-state index contributed by atoms with van der Waals surface area (Å²) >= 11 is 0. The number of hydrogen-bond acceptors (Lipinski definition) is 3. The van der Waals surface area contributed by atoms with Crippen LogP contribution in [0.3, 0.4) is 0 Å². The maximum atomic E-state index is 12.3. The fraction of sp³-hybridized carbons (Fsp3) is 0.857.